The summed E-state index contributed by atoms with van der Waals surface area (Å²) in [5.74, 6) is 0.844. The van der Waals surface area contributed by atoms with Crippen molar-refractivity contribution in [2.45, 2.75) is 19.9 Å². The maximum absolute atomic E-state index is 10.7. The Morgan fingerprint density at radius 3 is 2.81 bits per heavy atom. The molecule has 128 valence electrons. The van der Waals surface area contributed by atoms with Gasteiger partial charge in [-0.3, -0.25) is 0 Å². The summed E-state index contributed by atoms with van der Waals surface area (Å²) in [6.45, 7) is 2.78. The molecule has 0 saturated heterocycles. The standard InChI is InChI=1S/C20H16N4O2/c1-13-20-17-10-15(12-22-25)4-7-18(17)24(9-8-19(20)26-23-13)16-5-2-14(11-21)3-6-16/h2-7,10H,8-9,12H2,1H3. The van der Waals surface area contributed by atoms with Crippen LogP contribution in [0.3, 0.4) is 0 Å². The van der Waals surface area contributed by atoms with Crippen molar-refractivity contribution < 1.29 is 4.52 Å². The molecule has 0 N–H and O–H groups in total. The summed E-state index contributed by atoms with van der Waals surface area (Å²) in [6, 6.07) is 15.6. The molecule has 3 aromatic rings. The minimum absolute atomic E-state index is 0.129. The molecule has 0 radical (unpaired) electrons. The van der Waals surface area contributed by atoms with Gasteiger partial charge in [-0.1, -0.05) is 16.4 Å². The average molecular weight is 344 g/mol. The smallest absolute Gasteiger partial charge is 0.146 e. The van der Waals surface area contributed by atoms with Crippen LogP contribution < -0.4 is 4.90 Å². The van der Waals surface area contributed by atoms with Crippen LogP contribution in [0.2, 0.25) is 0 Å². The molecule has 0 aliphatic carbocycles. The van der Waals surface area contributed by atoms with Crippen LogP contribution in [0.1, 0.15) is 22.6 Å². The second-order valence-corrected chi connectivity index (χ2v) is 6.27. The lowest BCUT2D eigenvalue weighted by Crippen LogP contribution is -2.19. The van der Waals surface area contributed by atoms with Crippen LogP contribution in [-0.2, 0) is 13.0 Å². The fraction of sp³-hybridized carbons (Fsp3) is 0.200. The molecule has 1 aliphatic rings. The number of nitriles is 1. The number of hydrogen-bond donors (Lipinski definition) is 0. The van der Waals surface area contributed by atoms with Gasteiger partial charge in [-0.25, -0.2) is 0 Å². The van der Waals surface area contributed by atoms with Gasteiger partial charge in [-0.05, 0) is 48.9 Å². The van der Waals surface area contributed by atoms with Gasteiger partial charge in [-0.2, -0.15) is 10.2 Å². The average Bonchev–Trinajstić information content (AvgIpc) is 2.95. The number of aryl methyl sites for hydroxylation is 1. The SMILES string of the molecule is Cc1noc2c1-c1cc(CN=O)ccc1N(c1ccc(C#N)cc1)CC2. The zero-order chi connectivity index (χ0) is 18.1. The van der Waals surface area contributed by atoms with Gasteiger partial charge in [0, 0.05) is 35.5 Å². The summed E-state index contributed by atoms with van der Waals surface area (Å²) < 4.78 is 5.54. The van der Waals surface area contributed by atoms with E-state index in [9.17, 15) is 4.91 Å². The van der Waals surface area contributed by atoms with Gasteiger partial charge in [0.05, 0.1) is 17.3 Å². The molecule has 0 atom stereocenters. The van der Waals surface area contributed by atoms with E-state index in [1.165, 1.54) is 0 Å². The van der Waals surface area contributed by atoms with Crippen molar-refractivity contribution >= 4 is 11.4 Å². The number of rotatable bonds is 3. The molecule has 6 nitrogen and oxygen atoms in total. The lowest BCUT2D eigenvalue weighted by molar-refractivity contribution is 0.381. The summed E-state index contributed by atoms with van der Waals surface area (Å²) in [6.07, 6.45) is 0.714. The van der Waals surface area contributed by atoms with Crippen LogP contribution >= 0.6 is 0 Å². The van der Waals surface area contributed by atoms with Crippen LogP contribution in [0.4, 0.5) is 11.4 Å². The fourth-order valence-corrected chi connectivity index (χ4v) is 3.44. The van der Waals surface area contributed by atoms with Gasteiger partial charge in [0.15, 0.2) is 0 Å². The zero-order valence-electron chi connectivity index (χ0n) is 14.3. The molecule has 2 aromatic carbocycles. The number of hydrogen-bond acceptors (Lipinski definition) is 6. The van der Waals surface area contributed by atoms with Crippen LogP contribution in [0.25, 0.3) is 11.1 Å². The van der Waals surface area contributed by atoms with Crippen molar-refractivity contribution in [3.8, 4) is 17.2 Å². The second kappa shape index (κ2) is 6.45. The van der Waals surface area contributed by atoms with E-state index in [2.05, 4.69) is 21.3 Å². The quantitative estimate of drug-likeness (QED) is 0.654. The summed E-state index contributed by atoms with van der Waals surface area (Å²) in [5.41, 5.74) is 6.32. The van der Waals surface area contributed by atoms with E-state index >= 15 is 0 Å². The number of fused-ring (bicyclic) bond motifs is 3. The first-order valence-corrected chi connectivity index (χ1v) is 8.36. The van der Waals surface area contributed by atoms with Crippen molar-refractivity contribution in [1.29, 1.82) is 5.26 Å². The molecule has 4 rings (SSSR count). The van der Waals surface area contributed by atoms with Crippen molar-refractivity contribution in [1.82, 2.24) is 5.16 Å². The van der Waals surface area contributed by atoms with Gasteiger partial charge < -0.3 is 9.42 Å². The van der Waals surface area contributed by atoms with E-state index in [1.54, 1.807) is 0 Å². The minimum Gasteiger partial charge on any atom is -0.360 e. The van der Waals surface area contributed by atoms with Crippen molar-refractivity contribution in [2.75, 3.05) is 11.4 Å². The Morgan fingerprint density at radius 2 is 2.08 bits per heavy atom. The molecular weight excluding hydrogens is 328 g/mol. The molecule has 1 aliphatic heterocycles. The molecule has 0 fully saturated rings. The molecule has 0 spiro atoms. The van der Waals surface area contributed by atoms with E-state index in [0.717, 1.165) is 46.1 Å². The normalized spacial score (nSPS) is 12.7. The summed E-state index contributed by atoms with van der Waals surface area (Å²) in [5, 5.41) is 16.2. The van der Waals surface area contributed by atoms with E-state index in [1.807, 2.05) is 49.4 Å². The highest BCUT2D eigenvalue weighted by Gasteiger charge is 2.26. The largest absolute Gasteiger partial charge is 0.360 e. The predicted molar refractivity (Wildman–Crippen MR) is 98.0 cm³/mol. The number of nitrogens with zero attached hydrogens (tertiary/aromatic N) is 4. The van der Waals surface area contributed by atoms with Crippen LogP contribution in [-0.4, -0.2) is 11.7 Å². The topological polar surface area (TPSA) is 82.5 Å². The monoisotopic (exact) mass is 344 g/mol. The van der Waals surface area contributed by atoms with Gasteiger partial charge >= 0.3 is 0 Å². The van der Waals surface area contributed by atoms with E-state index in [-0.39, 0.29) is 6.54 Å². The Labute approximate surface area is 150 Å². The molecule has 26 heavy (non-hydrogen) atoms. The van der Waals surface area contributed by atoms with Gasteiger partial charge in [0.1, 0.15) is 12.3 Å². The molecule has 0 amide bonds. The second-order valence-electron chi connectivity index (χ2n) is 6.27. The van der Waals surface area contributed by atoms with Crippen molar-refractivity contribution in [3.05, 3.63) is 70.0 Å². The number of aromatic nitrogens is 1. The van der Waals surface area contributed by atoms with Crippen LogP contribution in [0, 0.1) is 23.2 Å². The van der Waals surface area contributed by atoms with Crippen LogP contribution in [0.15, 0.2) is 52.2 Å². The summed E-state index contributed by atoms with van der Waals surface area (Å²) in [4.78, 5) is 12.9. The fourth-order valence-electron chi connectivity index (χ4n) is 3.44. The van der Waals surface area contributed by atoms with Crippen LogP contribution in [0.5, 0.6) is 0 Å². The summed E-state index contributed by atoms with van der Waals surface area (Å²) in [7, 11) is 0. The van der Waals surface area contributed by atoms with E-state index in [4.69, 9.17) is 9.78 Å². The number of benzene rings is 2. The molecular formula is C20H16N4O2. The molecule has 0 saturated carbocycles. The Morgan fingerprint density at radius 1 is 1.27 bits per heavy atom. The highest BCUT2D eigenvalue weighted by molar-refractivity contribution is 5.86. The molecule has 6 heteroatoms. The first-order chi connectivity index (χ1) is 12.7. The molecule has 0 unspecified atom stereocenters. The van der Waals surface area contributed by atoms with Crippen molar-refractivity contribution in [3.63, 3.8) is 0 Å². The van der Waals surface area contributed by atoms with E-state index in [0.29, 0.717) is 12.0 Å². The minimum atomic E-state index is 0.129. The van der Waals surface area contributed by atoms with E-state index < -0.39 is 0 Å². The Hall–Kier alpha value is -3.46. The molecule has 2 heterocycles. The number of anilines is 2. The lowest BCUT2D eigenvalue weighted by atomic mass is 9.99. The number of nitroso groups, excluding NO2 is 1. The maximum atomic E-state index is 10.7. The lowest BCUT2D eigenvalue weighted by Gasteiger charge is -2.25. The highest BCUT2D eigenvalue weighted by atomic mass is 16.5. The zero-order valence-corrected chi connectivity index (χ0v) is 14.3. The first kappa shape index (κ1) is 16.0. The third-order valence-electron chi connectivity index (χ3n) is 4.67. The Bertz CT molecular complexity index is 1020. The Balaban J connectivity index is 1.88. The van der Waals surface area contributed by atoms with Gasteiger partial charge in [0.2, 0.25) is 0 Å². The van der Waals surface area contributed by atoms with Gasteiger partial charge in [-0.15, -0.1) is 0 Å². The molecule has 1 aromatic heterocycles. The Kier molecular flexibility index (Phi) is 3.98. The van der Waals surface area contributed by atoms with Gasteiger partial charge in [0.25, 0.3) is 0 Å². The molecule has 0 bridgehead atoms. The third-order valence-corrected chi connectivity index (χ3v) is 4.67. The maximum Gasteiger partial charge on any atom is 0.146 e. The third kappa shape index (κ3) is 2.64. The first-order valence-electron chi connectivity index (χ1n) is 8.36. The predicted octanol–water partition coefficient (Wildman–Crippen LogP) is 4.48. The summed E-state index contributed by atoms with van der Waals surface area (Å²) >= 11 is 0. The highest BCUT2D eigenvalue weighted by Crippen LogP contribution is 2.41. The van der Waals surface area contributed by atoms with Crippen molar-refractivity contribution in [2.24, 2.45) is 5.18 Å².